The molecule has 0 spiro atoms. The molecule has 13 heavy (non-hydrogen) atoms. The second kappa shape index (κ2) is 3.19. The van der Waals surface area contributed by atoms with Gasteiger partial charge in [-0.05, 0) is 13.0 Å². The predicted octanol–water partition coefficient (Wildman–Crippen LogP) is 0.138. The van der Waals surface area contributed by atoms with Gasteiger partial charge in [0.25, 0.3) is 5.91 Å². The molecule has 5 nitrogen and oxygen atoms in total. The van der Waals surface area contributed by atoms with Crippen LogP contribution in [-0.2, 0) is 9.59 Å². The highest BCUT2D eigenvalue weighted by molar-refractivity contribution is 6.22. The van der Waals surface area contributed by atoms with E-state index in [1.807, 2.05) is 0 Å². The number of carboxylic acid groups (broad SMARTS) is 1. The van der Waals surface area contributed by atoms with E-state index < -0.39 is 17.8 Å². The maximum atomic E-state index is 11.0. The van der Waals surface area contributed by atoms with Crippen molar-refractivity contribution in [3.8, 4) is 6.07 Å². The first kappa shape index (κ1) is 9.13. The molecule has 1 atom stereocenters. The smallest absolute Gasteiger partial charge is 0.337 e. The third-order valence-electron chi connectivity index (χ3n) is 1.64. The van der Waals surface area contributed by atoms with E-state index in [4.69, 9.17) is 10.4 Å². The number of aliphatic imine (C=N–C) groups is 1. The van der Waals surface area contributed by atoms with Gasteiger partial charge >= 0.3 is 5.97 Å². The Morgan fingerprint density at radius 1 is 1.77 bits per heavy atom. The van der Waals surface area contributed by atoms with Gasteiger partial charge in [-0.2, -0.15) is 5.26 Å². The number of nitriles is 1. The van der Waals surface area contributed by atoms with Crippen molar-refractivity contribution in [1.29, 1.82) is 5.26 Å². The number of nitrogens with zero attached hydrogens (tertiary/aromatic N) is 2. The Bertz CT molecular complexity index is 373. The SMILES string of the molecule is CC1=NC(=O)C(C#N)C=C1C(=O)O. The summed E-state index contributed by atoms with van der Waals surface area (Å²) in [4.78, 5) is 25.0. The molecule has 1 rings (SSSR count). The summed E-state index contributed by atoms with van der Waals surface area (Å²) in [5.41, 5.74) is 0.0650. The van der Waals surface area contributed by atoms with Crippen LogP contribution in [0.25, 0.3) is 0 Å². The summed E-state index contributed by atoms with van der Waals surface area (Å²) in [5, 5.41) is 17.1. The number of amides is 1. The number of rotatable bonds is 1. The van der Waals surface area contributed by atoms with Gasteiger partial charge in [0.05, 0.1) is 17.4 Å². The number of dihydropyridines is 1. The van der Waals surface area contributed by atoms with E-state index >= 15 is 0 Å². The third kappa shape index (κ3) is 1.62. The van der Waals surface area contributed by atoms with Gasteiger partial charge in [-0.15, -0.1) is 0 Å². The Morgan fingerprint density at radius 2 is 2.38 bits per heavy atom. The minimum Gasteiger partial charge on any atom is -0.478 e. The molecule has 0 saturated heterocycles. The Morgan fingerprint density at radius 3 is 2.85 bits per heavy atom. The second-order valence-electron chi connectivity index (χ2n) is 2.53. The fraction of sp³-hybridized carbons (Fsp3) is 0.250. The first-order valence-electron chi connectivity index (χ1n) is 3.50. The summed E-state index contributed by atoms with van der Waals surface area (Å²) in [6, 6.07) is 1.66. The van der Waals surface area contributed by atoms with E-state index in [9.17, 15) is 9.59 Å². The number of hydrogen-bond acceptors (Lipinski definition) is 3. The van der Waals surface area contributed by atoms with Crippen LogP contribution in [0.2, 0.25) is 0 Å². The minimum atomic E-state index is -1.17. The van der Waals surface area contributed by atoms with Crippen LogP contribution in [0.3, 0.4) is 0 Å². The first-order chi connectivity index (χ1) is 6.06. The van der Waals surface area contributed by atoms with Gasteiger partial charge < -0.3 is 5.11 Å². The zero-order chi connectivity index (χ0) is 10.0. The molecule has 1 aliphatic heterocycles. The molecule has 0 aromatic carbocycles. The highest BCUT2D eigenvalue weighted by Crippen LogP contribution is 2.13. The van der Waals surface area contributed by atoms with Gasteiger partial charge in [0.2, 0.25) is 0 Å². The van der Waals surface area contributed by atoms with Crippen molar-refractivity contribution in [2.24, 2.45) is 10.9 Å². The molecule has 0 aliphatic carbocycles. The van der Waals surface area contributed by atoms with Crippen LogP contribution in [0.1, 0.15) is 6.92 Å². The van der Waals surface area contributed by atoms with Crippen LogP contribution in [0.4, 0.5) is 0 Å². The quantitative estimate of drug-likeness (QED) is 0.618. The van der Waals surface area contributed by atoms with Gasteiger partial charge in [0.15, 0.2) is 0 Å². The number of carbonyl (C=O) groups is 2. The van der Waals surface area contributed by atoms with Crippen molar-refractivity contribution < 1.29 is 14.7 Å². The van der Waals surface area contributed by atoms with Gasteiger partial charge in [-0.3, -0.25) is 4.79 Å². The Hall–Kier alpha value is -1.96. The molecule has 0 saturated carbocycles. The van der Waals surface area contributed by atoms with Crippen LogP contribution >= 0.6 is 0 Å². The van der Waals surface area contributed by atoms with E-state index in [-0.39, 0.29) is 11.3 Å². The van der Waals surface area contributed by atoms with Gasteiger partial charge in [-0.1, -0.05) is 0 Å². The molecular formula is C8H6N2O3. The van der Waals surface area contributed by atoms with Crippen LogP contribution in [0.5, 0.6) is 0 Å². The van der Waals surface area contributed by atoms with Crippen molar-refractivity contribution in [2.75, 3.05) is 0 Å². The second-order valence-corrected chi connectivity index (χ2v) is 2.53. The summed E-state index contributed by atoms with van der Waals surface area (Å²) in [7, 11) is 0. The Balaban J connectivity index is 3.12. The lowest BCUT2D eigenvalue weighted by molar-refractivity contribution is -0.132. The van der Waals surface area contributed by atoms with Crippen molar-refractivity contribution in [3.05, 3.63) is 11.6 Å². The number of hydrogen-bond donors (Lipinski definition) is 1. The molecular weight excluding hydrogens is 172 g/mol. The van der Waals surface area contributed by atoms with E-state index in [2.05, 4.69) is 4.99 Å². The van der Waals surface area contributed by atoms with E-state index in [0.29, 0.717) is 0 Å². The topological polar surface area (TPSA) is 90.5 Å². The Labute approximate surface area is 74.0 Å². The monoisotopic (exact) mass is 178 g/mol. The van der Waals surface area contributed by atoms with Crippen LogP contribution in [0, 0.1) is 17.2 Å². The molecule has 1 aliphatic rings. The molecule has 0 aromatic heterocycles. The van der Waals surface area contributed by atoms with Crippen molar-refractivity contribution in [1.82, 2.24) is 0 Å². The summed E-state index contributed by atoms with van der Waals surface area (Å²) < 4.78 is 0. The number of aliphatic carboxylic acids is 1. The molecule has 66 valence electrons. The molecule has 1 amide bonds. The van der Waals surface area contributed by atoms with Gasteiger partial charge in [0, 0.05) is 0 Å². The zero-order valence-electron chi connectivity index (χ0n) is 6.81. The fourth-order valence-electron chi connectivity index (χ4n) is 0.972. The van der Waals surface area contributed by atoms with Crippen LogP contribution in [0.15, 0.2) is 16.6 Å². The van der Waals surface area contributed by atoms with Crippen molar-refractivity contribution >= 4 is 17.6 Å². The highest BCUT2D eigenvalue weighted by Gasteiger charge is 2.25. The van der Waals surface area contributed by atoms with E-state index in [1.54, 1.807) is 6.07 Å². The molecule has 0 radical (unpaired) electrons. The van der Waals surface area contributed by atoms with E-state index in [0.717, 1.165) is 6.08 Å². The maximum Gasteiger partial charge on any atom is 0.337 e. The minimum absolute atomic E-state index is 0.0776. The standard InChI is InChI=1S/C8H6N2O3/c1-4-6(8(12)13)2-5(3-9)7(11)10-4/h2,5H,1H3,(H,12,13). The maximum absolute atomic E-state index is 11.0. The summed E-state index contributed by atoms with van der Waals surface area (Å²) in [5.74, 6) is -2.84. The third-order valence-corrected chi connectivity index (χ3v) is 1.64. The molecule has 5 heteroatoms. The Kier molecular flexibility index (Phi) is 2.24. The number of carbonyl (C=O) groups excluding carboxylic acids is 1. The lowest BCUT2D eigenvalue weighted by Gasteiger charge is -2.09. The fourth-order valence-corrected chi connectivity index (χ4v) is 0.972. The molecule has 0 bridgehead atoms. The first-order valence-corrected chi connectivity index (χ1v) is 3.50. The normalized spacial score (nSPS) is 21.5. The summed E-state index contributed by atoms with van der Waals surface area (Å²) in [6.07, 6.45) is 1.12. The molecule has 1 heterocycles. The van der Waals surface area contributed by atoms with Crippen LogP contribution < -0.4 is 0 Å². The highest BCUT2D eigenvalue weighted by atomic mass is 16.4. The summed E-state index contributed by atoms with van der Waals surface area (Å²) in [6.45, 7) is 1.42. The predicted molar refractivity (Wildman–Crippen MR) is 42.9 cm³/mol. The van der Waals surface area contributed by atoms with Gasteiger partial charge in [0.1, 0.15) is 5.92 Å². The summed E-state index contributed by atoms with van der Waals surface area (Å²) >= 11 is 0. The lowest BCUT2D eigenvalue weighted by Crippen LogP contribution is -2.21. The van der Waals surface area contributed by atoms with Crippen molar-refractivity contribution in [2.45, 2.75) is 6.92 Å². The molecule has 1 unspecified atom stereocenters. The van der Waals surface area contributed by atoms with Crippen LogP contribution in [-0.4, -0.2) is 22.7 Å². The average molecular weight is 178 g/mol. The van der Waals surface area contributed by atoms with Crippen molar-refractivity contribution in [3.63, 3.8) is 0 Å². The lowest BCUT2D eigenvalue weighted by atomic mass is 10.0. The average Bonchev–Trinajstić information content (AvgIpc) is 2.03. The molecule has 0 fully saturated rings. The molecule has 1 N–H and O–H groups in total. The molecule has 0 aromatic rings. The zero-order valence-corrected chi connectivity index (χ0v) is 6.81. The number of carboxylic acids is 1. The van der Waals surface area contributed by atoms with Gasteiger partial charge in [-0.25, -0.2) is 9.79 Å². The largest absolute Gasteiger partial charge is 0.478 e. The van der Waals surface area contributed by atoms with E-state index in [1.165, 1.54) is 6.92 Å².